The Morgan fingerprint density at radius 3 is 2.33 bits per heavy atom. The number of nitrogens with two attached hydrogens (primary N) is 1. The zero-order valence-electron chi connectivity index (χ0n) is 11.3. The smallest absolute Gasteiger partial charge is 0.255 e. The van der Waals surface area contributed by atoms with Crippen molar-refractivity contribution in [2.24, 2.45) is 0 Å². The third-order valence-corrected chi connectivity index (χ3v) is 2.70. The first kappa shape index (κ1) is 14.5. The van der Waals surface area contributed by atoms with Crippen molar-refractivity contribution in [1.82, 2.24) is 0 Å². The Kier molecular flexibility index (Phi) is 4.18. The normalized spacial score (nSPS) is 10.0. The Morgan fingerprint density at radius 1 is 1.05 bits per heavy atom. The zero-order valence-corrected chi connectivity index (χ0v) is 11.3. The molecule has 2 aromatic carbocycles. The molecule has 0 fully saturated rings. The Hall–Kier alpha value is -2.89. The maximum absolute atomic E-state index is 13.3. The molecule has 4 N–H and O–H groups in total. The molecule has 108 valence electrons. The van der Waals surface area contributed by atoms with Gasteiger partial charge in [-0.2, -0.15) is 0 Å². The molecule has 21 heavy (non-hydrogen) atoms. The standard InChI is InChI=1S/C15H14FN3O2/c1-9(20)18-11-3-2-4-12(8-11)19-15(21)10-5-6-14(17)13(16)7-10/h2-8H,17H2,1H3,(H,18,20)(H,19,21). The fraction of sp³-hybridized carbons (Fsp3) is 0.0667. The number of hydrogen-bond acceptors (Lipinski definition) is 3. The minimum atomic E-state index is -0.644. The molecule has 0 saturated carbocycles. The van der Waals surface area contributed by atoms with Crippen molar-refractivity contribution in [1.29, 1.82) is 0 Å². The van der Waals surface area contributed by atoms with Crippen molar-refractivity contribution in [3.05, 3.63) is 53.8 Å². The van der Waals surface area contributed by atoms with Crippen molar-refractivity contribution < 1.29 is 14.0 Å². The fourth-order valence-electron chi connectivity index (χ4n) is 1.75. The SMILES string of the molecule is CC(=O)Nc1cccc(NC(=O)c2ccc(N)c(F)c2)c1. The van der Waals surface area contributed by atoms with Crippen LogP contribution < -0.4 is 16.4 Å². The predicted octanol–water partition coefficient (Wildman–Crippen LogP) is 2.62. The van der Waals surface area contributed by atoms with Crippen molar-refractivity contribution in [2.45, 2.75) is 6.92 Å². The van der Waals surface area contributed by atoms with Crippen LogP contribution in [0.5, 0.6) is 0 Å². The van der Waals surface area contributed by atoms with Crippen LogP contribution in [0, 0.1) is 5.82 Å². The average molecular weight is 287 g/mol. The number of nitrogens with one attached hydrogen (secondary N) is 2. The van der Waals surface area contributed by atoms with E-state index in [1.807, 2.05) is 0 Å². The molecule has 0 aliphatic carbocycles. The summed E-state index contributed by atoms with van der Waals surface area (Å²) in [5, 5.41) is 5.23. The maximum atomic E-state index is 13.3. The second kappa shape index (κ2) is 6.04. The second-order valence-electron chi connectivity index (χ2n) is 4.45. The van der Waals surface area contributed by atoms with Gasteiger partial charge in [0.15, 0.2) is 0 Å². The third-order valence-electron chi connectivity index (χ3n) is 2.70. The van der Waals surface area contributed by atoms with Gasteiger partial charge in [-0.25, -0.2) is 4.39 Å². The summed E-state index contributed by atoms with van der Waals surface area (Å²) < 4.78 is 13.3. The summed E-state index contributed by atoms with van der Waals surface area (Å²) in [5.74, 6) is -1.32. The first-order chi connectivity index (χ1) is 9.95. The molecule has 0 atom stereocenters. The van der Waals surface area contributed by atoms with Crippen LogP contribution in [0.4, 0.5) is 21.5 Å². The van der Waals surface area contributed by atoms with E-state index in [1.54, 1.807) is 24.3 Å². The number of rotatable bonds is 3. The molecule has 0 saturated heterocycles. The van der Waals surface area contributed by atoms with E-state index >= 15 is 0 Å². The number of anilines is 3. The lowest BCUT2D eigenvalue weighted by molar-refractivity contribution is -0.114. The van der Waals surface area contributed by atoms with Crippen LogP contribution in [-0.2, 0) is 4.79 Å². The first-order valence-electron chi connectivity index (χ1n) is 6.20. The molecular formula is C15H14FN3O2. The Morgan fingerprint density at radius 2 is 1.71 bits per heavy atom. The van der Waals surface area contributed by atoms with E-state index in [0.717, 1.165) is 6.07 Å². The highest BCUT2D eigenvalue weighted by Crippen LogP contribution is 2.17. The predicted molar refractivity (Wildman–Crippen MR) is 79.5 cm³/mol. The molecule has 2 rings (SSSR count). The van der Waals surface area contributed by atoms with Gasteiger partial charge >= 0.3 is 0 Å². The highest BCUT2D eigenvalue weighted by Gasteiger charge is 2.09. The van der Waals surface area contributed by atoms with Crippen LogP contribution in [-0.4, -0.2) is 11.8 Å². The molecule has 0 radical (unpaired) electrons. The quantitative estimate of drug-likeness (QED) is 0.759. The Labute approximate surface area is 121 Å². The van der Waals surface area contributed by atoms with Crippen LogP contribution in [0.1, 0.15) is 17.3 Å². The van der Waals surface area contributed by atoms with Gasteiger partial charge in [-0.05, 0) is 36.4 Å². The van der Waals surface area contributed by atoms with Crippen molar-refractivity contribution in [3.8, 4) is 0 Å². The van der Waals surface area contributed by atoms with Crippen molar-refractivity contribution >= 4 is 28.9 Å². The summed E-state index contributed by atoms with van der Waals surface area (Å²) in [6.07, 6.45) is 0. The van der Waals surface area contributed by atoms with E-state index in [0.29, 0.717) is 11.4 Å². The van der Waals surface area contributed by atoms with Gasteiger partial charge in [-0.3, -0.25) is 9.59 Å². The molecule has 0 aliphatic heterocycles. The highest BCUT2D eigenvalue weighted by molar-refractivity contribution is 6.04. The molecular weight excluding hydrogens is 273 g/mol. The van der Waals surface area contributed by atoms with Crippen molar-refractivity contribution in [3.63, 3.8) is 0 Å². The number of hydrogen-bond donors (Lipinski definition) is 3. The number of amides is 2. The number of nitrogen functional groups attached to an aromatic ring is 1. The van der Waals surface area contributed by atoms with Gasteiger partial charge in [0.25, 0.3) is 5.91 Å². The minimum absolute atomic E-state index is 0.0146. The molecule has 0 aromatic heterocycles. The fourth-order valence-corrected chi connectivity index (χ4v) is 1.75. The monoisotopic (exact) mass is 287 g/mol. The summed E-state index contributed by atoms with van der Waals surface area (Å²) in [5.41, 5.74) is 6.55. The van der Waals surface area contributed by atoms with E-state index in [1.165, 1.54) is 19.1 Å². The van der Waals surface area contributed by atoms with Gasteiger partial charge < -0.3 is 16.4 Å². The van der Waals surface area contributed by atoms with Crippen LogP contribution in [0.25, 0.3) is 0 Å². The summed E-state index contributed by atoms with van der Waals surface area (Å²) in [4.78, 5) is 23.0. The van der Waals surface area contributed by atoms with Crippen LogP contribution >= 0.6 is 0 Å². The first-order valence-corrected chi connectivity index (χ1v) is 6.20. The number of halogens is 1. The van der Waals surface area contributed by atoms with Crippen LogP contribution in [0.3, 0.4) is 0 Å². The lowest BCUT2D eigenvalue weighted by Crippen LogP contribution is -2.13. The van der Waals surface area contributed by atoms with Gasteiger partial charge in [-0.15, -0.1) is 0 Å². The maximum Gasteiger partial charge on any atom is 0.255 e. The molecule has 0 unspecified atom stereocenters. The average Bonchev–Trinajstić information content (AvgIpc) is 2.41. The lowest BCUT2D eigenvalue weighted by atomic mass is 10.2. The topological polar surface area (TPSA) is 84.2 Å². The van der Waals surface area contributed by atoms with E-state index in [9.17, 15) is 14.0 Å². The molecule has 2 amide bonds. The molecule has 0 heterocycles. The van der Waals surface area contributed by atoms with E-state index in [-0.39, 0.29) is 17.2 Å². The van der Waals surface area contributed by atoms with E-state index in [4.69, 9.17) is 5.73 Å². The molecule has 0 aliphatic rings. The Bertz CT molecular complexity index is 701. The summed E-state index contributed by atoms with van der Waals surface area (Å²) in [6, 6.07) is 10.5. The largest absolute Gasteiger partial charge is 0.396 e. The molecule has 5 nitrogen and oxygen atoms in total. The van der Waals surface area contributed by atoms with Crippen LogP contribution in [0.2, 0.25) is 0 Å². The van der Waals surface area contributed by atoms with Gasteiger partial charge in [0.05, 0.1) is 5.69 Å². The van der Waals surface area contributed by atoms with Crippen LogP contribution in [0.15, 0.2) is 42.5 Å². The third kappa shape index (κ3) is 3.79. The Balaban J connectivity index is 2.15. The zero-order chi connectivity index (χ0) is 15.4. The van der Waals surface area contributed by atoms with E-state index in [2.05, 4.69) is 10.6 Å². The number of carbonyl (C=O) groups is 2. The summed E-state index contributed by atoms with van der Waals surface area (Å²) in [7, 11) is 0. The number of carbonyl (C=O) groups excluding carboxylic acids is 2. The summed E-state index contributed by atoms with van der Waals surface area (Å²) in [6.45, 7) is 1.39. The van der Waals surface area contributed by atoms with Gasteiger partial charge in [0.1, 0.15) is 5.82 Å². The molecule has 2 aromatic rings. The van der Waals surface area contributed by atoms with Gasteiger partial charge in [0.2, 0.25) is 5.91 Å². The molecule has 0 bridgehead atoms. The van der Waals surface area contributed by atoms with Crippen molar-refractivity contribution in [2.75, 3.05) is 16.4 Å². The number of benzene rings is 2. The second-order valence-corrected chi connectivity index (χ2v) is 4.45. The van der Waals surface area contributed by atoms with Gasteiger partial charge in [0, 0.05) is 23.9 Å². The minimum Gasteiger partial charge on any atom is -0.396 e. The molecule has 6 heteroatoms. The van der Waals surface area contributed by atoms with Gasteiger partial charge in [-0.1, -0.05) is 6.07 Å². The lowest BCUT2D eigenvalue weighted by Gasteiger charge is -2.08. The van der Waals surface area contributed by atoms with E-state index < -0.39 is 11.7 Å². The summed E-state index contributed by atoms with van der Waals surface area (Å²) >= 11 is 0. The molecule has 0 spiro atoms. The highest BCUT2D eigenvalue weighted by atomic mass is 19.1.